The highest BCUT2D eigenvalue weighted by atomic mass is 19.4. The van der Waals surface area contributed by atoms with Crippen LogP contribution in [0.15, 0.2) is 18.2 Å². The van der Waals surface area contributed by atoms with Gasteiger partial charge in [0.2, 0.25) is 0 Å². The van der Waals surface area contributed by atoms with E-state index in [1.165, 1.54) is 6.07 Å². The number of alkyl halides is 3. The van der Waals surface area contributed by atoms with Crippen LogP contribution in [0.25, 0.3) is 0 Å². The molecule has 1 aromatic rings. The molecule has 1 saturated heterocycles. The van der Waals surface area contributed by atoms with Crippen LogP contribution >= 0.6 is 0 Å². The zero-order chi connectivity index (χ0) is 16.4. The van der Waals surface area contributed by atoms with Gasteiger partial charge in [-0.05, 0) is 31.0 Å². The number of hydrogen-bond donors (Lipinski definition) is 2. The van der Waals surface area contributed by atoms with Crippen molar-refractivity contribution in [3.05, 3.63) is 23.8 Å². The molecule has 2 aliphatic rings. The van der Waals surface area contributed by atoms with Gasteiger partial charge in [0.25, 0.3) is 0 Å². The second-order valence-electron chi connectivity index (χ2n) is 5.70. The fraction of sp³-hybridized carbons (Fsp3) is 0.533. The van der Waals surface area contributed by atoms with Crippen molar-refractivity contribution in [2.75, 3.05) is 36.5 Å². The molecule has 1 aliphatic carbocycles. The highest BCUT2D eigenvalue weighted by Gasteiger charge is 2.32. The standard InChI is InChI=1S/C15H18F3N3O2/c16-15(17,18)10-1-4-13(21-5-7-23-8-6-21)12(9-10)20-14(22)19-11-2-3-11/h1,4,9,11H,2-3,5-8H2,(H2,19,20,22). The Morgan fingerprint density at radius 1 is 1.22 bits per heavy atom. The summed E-state index contributed by atoms with van der Waals surface area (Å²) in [5, 5.41) is 5.28. The first-order chi connectivity index (χ1) is 10.9. The van der Waals surface area contributed by atoms with Gasteiger partial charge in [-0.3, -0.25) is 0 Å². The lowest BCUT2D eigenvalue weighted by molar-refractivity contribution is -0.137. The summed E-state index contributed by atoms with van der Waals surface area (Å²) in [6.07, 6.45) is -2.63. The fourth-order valence-electron chi connectivity index (χ4n) is 2.46. The summed E-state index contributed by atoms with van der Waals surface area (Å²) in [5.74, 6) is 0. The zero-order valence-electron chi connectivity index (χ0n) is 12.4. The van der Waals surface area contributed by atoms with Crippen LogP contribution in [-0.2, 0) is 10.9 Å². The number of morpholine rings is 1. The van der Waals surface area contributed by atoms with Crippen molar-refractivity contribution >= 4 is 17.4 Å². The Balaban J connectivity index is 1.85. The van der Waals surface area contributed by atoms with Crippen molar-refractivity contribution in [3.8, 4) is 0 Å². The van der Waals surface area contributed by atoms with Crippen LogP contribution in [-0.4, -0.2) is 38.4 Å². The molecule has 0 bridgehead atoms. The van der Waals surface area contributed by atoms with Crippen LogP contribution in [0.3, 0.4) is 0 Å². The molecule has 0 atom stereocenters. The minimum absolute atomic E-state index is 0.132. The molecule has 0 spiro atoms. The summed E-state index contributed by atoms with van der Waals surface area (Å²) in [6.45, 7) is 2.16. The van der Waals surface area contributed by atoms with Crippen LogP contribution in [0.5, 0.6) is 0 Å². The molecule has 1 aromatic carbocycles. The number of carbonyl (C=O) groups is 1. The SMILES string of the molecule is O=C(Nc1cc(C(F)(F)F)ccc1N1CCOCC1)NC1CC1. The molecule has 126 valence electrons. The maximum absolute atomic E-state index is 12.9. The average Bonchev–Trinajstić information content (AvgIpc) is 3.31. The van der Waals surface area contributed by atoms with Crippen LogP contribution in [0.1, 0.15) is 18.4 Å². The van der Waals surface area contributed by atoms with Gasteiger partial charge in [0.15, 0.2) is 0 Å². The topological polar surface area (TPSA) is 53.6 Å². The molecular formula is C15H18F3N3O2. The zero-order valence-corrected chi connectivity index (χ0v) is 12.4. The largest absolute Gasteiger partial charge is 0.416 e. The number of rotatable bonds is 3. The molecule has 0 unspecified atom stereocenters. The first-order valence-electron chi connectivity index (χ1n) is 7.55. The van der Waals surface area contributed by atoms with Gasteiger partial charge in [0.1, 0.15) is 0 Å². The number of hydrogen-bond acceptors (Lipinski definition) is 3. The van der Waals surface area contributed by atoms with E-state index in [0.717, 1.165) is 25.0 Å². The Hall–Kier alpha value is -1.96. The van der Waals surface area contributed by atoms with E-state index in [0.29, 0.717) is 32.0 Å². The predicted molar refractivity (Wildman–Crippen MR) is 79.7 cm³/mol. The summed E-state index contributed by atoms with van der Waals surface area (Å²) in [7, 11) is 0. The monoisotopic (exact) mass is 329 g/mol. The Labute approximate surface area is 131 Å². The number of nitrogens with zero attached hydrogens (tertiary/aromatic N) is 1. The van der Waals surface area contributed by atoms with Crippen molar-refractivity contribution in [1.82, 2.24) is 5.32 Å². The van der Waals surface area contributed by atoms with E-state index in [2.05, 4.69) is 10.6 Å². The molecule has 2 fully saturated rings. The second kappa shape index (κ2) is 6.27. The Morgan fingerprint density at radius 3 is 2.52 bits per heavy atom. The summed E-state index contributed by atoms with van der Waals surface area (Å²) >= 11 is 0. The third kappa shape index (κ3) is 4.07. The van der Waals surface area contributed by atoms with Gasteiger partial charge in [0.05, 0.1) is 30.2 Å². The van der Waals surface area contributed by atoms with Crippen LogP contribution in [0.4, 0.5) is 29.3 Å². The molecule has 0 radical (unpaired) electrons. The lowest BCUT2D eigenvalue weighted by atomic mass is 10.1. The number of amides is 2. The van der Waals surface area contributed by atoms with Crippen LogP contribution in [0.2, 0.25) is 0 Å². The summed E-state index contributed by atoms with van der Waals surface area (Å²) in [5.41, 5.74) is -0.0386. The fourth-order valence-corrected chi connectivity index (χ4v) is 2.46. The molecule has 23 heavy (non-hydrogen) atoms. The van der Waals surface area contributed by atoms with E-state index in [-0.39, 0.29) is 11.7 Å². The summed E-state index contributed by atoms with van der Waals surface area (Å²) < 4.78 is 44.1. The molecule has 2 N–H and O–H groups in total. The Bertz CT molecular complexity index is 582. The molecule has 1 saturated carbocycles. The number of nitrogens with one attached hydrogen (secondary N) is 2. The average molecular weight is 329 g/mol. The van der Waals surface area contributed by atoms with Crippen molar-refractivity contribution in [3.63, 3.8) is 0 Å². The molecule has 2 amide bonds. The van der Waals surface area contributed by atoms with Gasteiger partial charge in [-0.2, -0.15) is 13.2 Å². The first kappa shape index (κ1) is 15.9. The van der Waals surface area contributed by atoms with Gasteiger partial charge >= 0.3 is 12.2 Å². The number of halogens is 3. The minimum atomic E-state index is -4.45. The molecule has 0 aromatic heterocycles. The number of benzene rings is 1. The lowest BCUT2D eigenvalue weighted by Gasteiger charge is -2.31. The van der Waals surface area contributed by atoms with E-state index in [9.17, 15) is 18.0 Å². The maximum atomic E-state index is 12.9. The van der Waals surface area contributed by atoms with E-state index >= 15 is 0 Å². The number of ether oxygens (including phenoxy) is 1. The smallest absolute Gasteiger partial charge is 0.378 e. The van der Waals surface area contributed by atoms with Crippen molar-refractivity contribution in [2.45, 2.75) is 25.1 Å². The third-order valence-electron chi connectivity index (χ3n) is 3.84. The van der Waals surface area contributed by atoms with Gasteiger partial charge in [0, 0.05) is 19.1 Å². The highest BCUT2D eigenvalue weighted by Crippen LogP contribution is 2.35. The molecular weight excluding hydrogens is 311 g/mol. The van der Waals surface area contributed by atoms with Gasteiger partial charge in [-0.25, -0.2) is 4.79 Å². The van der Waals surface area contributed by atoms with Gasteiger partial charge in [-0.15, -0.1) is 0 Å². The molecule has 3 rings (SSSR count). The highest BCUT2D eigenvalue weighted by molar-refractivity contribution is 5.93. The second-order valence-corrected chi connectivity index (χ2v) is 5.70. The van der Waals surface area contributed by atoms with Gasteiger partial charge < -0.3 is 20.3 Å². The van der Waals surface area contributed by atoms with E-state index in [1.54, 1.807) is 0 Å². The van der Waals surface area contributed by atoms with Crippen LogP contribution in [0, 0.1) is 0 Å². The molecule has 8 heteroatoms. The molecule has 5 nitrogen and oxygen atoms in total. The van der Waals surface area contributed by atoms with E-state index in [4.69, 9.17) is 4.74 Å². The number of carbonyl (C=O) groups excluding carboxylic acids is 1. The Kier molecular flexibility index (Phi) is 4.34. The molecule has 1 aliphatic heterocycles. The third-order valence-corrected chi connectivity index (χ3v) is 3.84. The lowest BCUT2D eigenvalue weighted by Crippen LogP contribution is -2.37. The molecule has 1 heterocycles. The number of anilines is 2. The Morgan fingerprint density at radius 2 is 1.91 bits per heavy atom. The quantitative estimate of drug-likeness (QED) is 0.897. The van der Waals surface area contributed by atoms with E-state index < -0.39 is 17.8 Å². The predicted octanol–water partition coefficient (Wildman–Crippen LogP) is 2.83. The van der Waals surface area contributed by atoms with Crippen molar-refractivity contribution in [1.29, 1.82) is 0 Å². The normalized spacial score (nSPS) is 18.7. The van der Waals surface area contributed by atoms with E-state index in [1.807, 2.05) is 4.90 Å². The first-order valence-corrected chi connectivity index (χ1v) is 7.55. The summed E-state index contributed by atoms with van der Waals surface area (Å²) in [6, 6.07) is 3.08. The van der Waals surface area contributed by atoms with Crippen molar-refractivity contribution < 1.29 is 22.7 Å². The number of urea groups is 1. The minimum Gasteiger partial charge on any atom is -0.378 e. The summed E-state index contributed by atoms with van der Waals surface area (Å²) in [4.78, 5) is 13.8. The van der Waals surface area contributed by atoms with Crippen molar-refractivity contribution in [2.24, 2.45) is 0 Å². The van der Waals surface area contributed by atoms with Gasteiger partial charge in [-0.1, -0.05) is 0 Å². The maximum Gasteiger partial charge on any atom is 0.416 e. The van der Waals surface area contributed by atoms with Crippen LogP contribution < -0.4 is 15.5 Å².